The van der Waals surface area contributed by atoms with Crippen molar-refractivity contribution < 1.29 is 34.4 Å². The van der Waals surface area contributed by atoms with Crippen molar-refractivity contribution in [2.45, 2.75) is 460 Å². The minimum Gasteiger partial charge on any atom is -0.414 e. The van der Waals surface area contributed by atoms with E-state index in [-0.39, 0.29) is 39.1 Å². The van der Waals surface area contributed by atoms with Gasteiger partial charge >= 0.3 is 0 Å². The summed E-state index contributed by atoms with van der Waals surface area (Å²) >= 11 is 0. The Kier molecular flexibility index (Phi) is 38.1. The number of aldehydes is 1. The van der Waals surface area contributed by atoms with Crippen LogP contribution in [-0.2, 0) is 13.6 Å². The van der Waals surface area contributed by atoms with Gasteiger partial charge in [0.05, 0.1) is 39.1 Å². The Morgan fingerprint density at radius 2 is 0.794 bits per heavy atom. The van der Waals surface area contributed by atoms with E-state index in [1.165, 1.54) is 106 Å². The van der Waals surface area contributed by atoms with Crippen LogP contribution in [0.4, 0.5) is 0 Å². The number of aliphatic hydroxyl groups is 3. The quantitative estimate of drug-likeness (QED) is 0.0455. The molecular formula is C96H184O7Si4. The molecule has 16 atom stereocenters. The zero-order valence-electron chi connectivity index (χ0n) is 77.7. The average Bonchev–Trinajstić information content (AvgIpc) is 1.64. The van der Waals surface area contributed by atoms with Crippen molar-refractivity contribution in [3.05, 3.63) is 71.9 Å². The van der Waals surface area contributed by atoms with E-state index in [1.807, 2.05) is 41.5 Å². The summed E-state index contributed by atoms with van der Waals surface area (Å²) in [7, 11) is -7.02. The highest BCUT2D eigenvalue weighted by Gasteiger charge is 2.53. The second kappa shape index (κ2) is 40.1. The van der Waals surface area contributed by atoms with E-state index in [9.17, 15) is 20.1 Å². The van der Waals surface area contributed by atoms with E-state index in [0.29, 0.717) is 67.5 Å². The van der Waals surface area contributed by atoms with Crippen LogP contribution in [0.15, 0.2) is 71.9 Å². The molecule has 0 aliphatic heterocycles. The number of allylic oxidation sites excluding steroid dienone is 7. The number of hydrogen-bond donors (Lipinski definition) is 3. The van der Waals surface area contributed by atoms with Gasteiger partial charge in [-0.05, 0) is 282 Å². The molecule has 0 aromatic heterocycles. The Labute approximate surface area is 670 Å². The molecule has 0 heterocycles. The Morgan fingerprint density at radius 3 is 1.11 bits per heavy atom. The summed E-state index contributed by atoms with van der Waals surface area (Å²) in [5, 5.41) is 31.3. The molecule has 0 aromatic rings. The van der Waals surface area contributed by atoms with Crippen LogP contribution < -0.4 is 0 Å². The molecule has 5 aliphatic carbocycles. The molecule has 7 nitrogen and oxygen atoms in total. The Hall–Kier alpha value is -1.26. The van der Waals surface area contributed by atoms with Crippen molar-refractivity contribution >= 4 is 39.1 Å². The first-order valence-corrected chi connectivity index (χ1v) is 56.1. The normalized spacial score (nSPS) is 30.2. The summed E-state index contributed by atoms with van der Waals surface area (Å²) in [6.45, 7) is 91.7. The summed E-state index contributed by atoms with van der Waals surface area (Å²) < 4.78 is 14.3. The molecule has 0 bridgehead atoms. The fraction of sp³-hybridized carbons (Fsp3) is 0.865. The molecule has 0 aromatic carbocycles. The maximum atomic E-state index is 11.4. The molecular weight excluding hydrogens is 1380 g/mol. The maximum Gasteiger partial charge on any atom is 0.192 e. The molecule has 626 valence electrons. The summed E-state index contributed by atoms with van der Waals surface area (Å²) in [5.74, 6) is 5.73. The average molecular weight is 1560 g/mol. The third-order valence-electron chi connectivity index (χ3n) is 31.5. The van der Waals surface area contributed by atoms with Gasteiger partial charge in [-0.1, -0.05) is 285 Å². The highest BCUT2D eigenvalue weighted by atomic mass is 28.4. The van der Waals surface area contributed by atoms with Gasteiger partial charge in [0.25, 0.3) is 0 Å². The molecule has 0 radical (unpaired) electrons. The lowest BCUT2D eigenvalue weighted by Gasteiger charge is -2.49. The molecule has 0 amide bonds. The van der Waals surface area contributed by atoms with Crippen LogP contribution in [-0.4, -0.2) is 88.9 Å². The van der Waals surface area contributed by atoms with Gasteiger partial charge in [-0.25, -0.2) is 0 Å². The van der Waals surface area contributed by atoms with Gasteiger partial charge in [0, 0.05) is 12.0 Å². The molecule has 5 rings (SSSR count). The monoisotopic (exact) mass is 1560 g/mol. The third kappa shape index (κ3) is 28.0. The molecule has 0 unspecified atom stereocenters. The minimum absolute atomic E-state index is 0. The lowest BCUT2D eigenvalue weighted by atomic mass is 9.66. The van der Waals surface area contributed by atoms with E-state index in [0.717, 1.165) is 95.3 Å². The Morgan fingerprint density at radius 1 is 0.467 bits per heavy atom. The molecule has 5 saturated carbocycles. The van der Waals surface area contributed by atoms with Crippen LogP contribution in [0.1, 0.15) is 347 Å². The summed E-state index contributed by atoms with van der Waals surface area (Å²) in [4.78, 5) is 11.4. The van der Waals surface area contributed by atoms with Gasteiger partial charge in [0.15, 0.2) is 16.6 Å². The first kappa shape index (κ1) is 102. The predicted molar refractivity (Wildman–Crippen MR) is 483 cm³/mol. The van der Waals surface area contributed by atoms with E-state index in [2.05, 4.69) is 234 Å². The van der Waals surface area contributed by atoms with Crippen LogP contribution in [0.5, 0.6) is 0 Å². The van der Waals surface area contributed by atoms with Crippen molar-refractivity contribution in [2.75, 3.05) is 0 Å². The standard InChI is InChI=1S/2C39H74O2Si2.C18H34O2.H2O/c1-17-25-39(12)32(23-24-34(39)29(2)20-19-26-38(10,11)40)22-18-21-31-27-33(42(13,14)36(4,5)6)28-35(30(31)3)41-43(15,16)37(7,8)9;1-17-25-39(12)32(23-24-34(39)29(2)20-19-26-38(10,11)40)22-18-21-31-27-33(41-43(15,16)37(7,8)9)28-35(30(31)3)42(13,14)36(4,5)6;1-6-11-18(5)15(13-19)9-10-16(18)14(2)8-7-12-17(3,4)20;/h2*18,21-22,29,32-35,40H,3,17,19-20,23-28H2,1-2,4-16H3;13-16,20H,6-12H2,1-5H3;1H2/b22-18+,31-21-;22-18-,31-21-;;/t2*29-,32-,33-,34-,35+,39+;14-,15+,16-,18+;/m111./s1. The topological polar surface area (TPSA) is 128 Å². The summed E-state index contributed by atoms with van der Waals surface area (Å²) in [5.41, 5.74) is 5.99. The van der Waals surface area contributed by atoms with E-state index >= 15 is 0 Å². The first-order valence-electron chi connectivity index (χ1n) is 44.1. The number of carbonyl (C=O) groups excluding carboxylic acids is 1. The molecule has 107 heavy (non-hydrogen) atoms. The van der Waals surface area contributed by atoms with Crippen LogP contribution in [0.25, 0.3) is 0 Å². The van der Waals surface area contributed by atoms with Crippen LogP contribution in [0.2, 0.25) is 83.6 Å². The first-order chi connectivity index (χ1) is 48.0. The predicted octanol–water partition coefficient (Wildman–Crippen LogP) is 28.8. The largest absolute Gasteiger partial charge is 0.414 e. The smallest absolute Gasteiger partial charge is 0.192 e. The van der Waals surface area contributed by atoms with Crippen molar-refractivity contribution in [3.63, 3.8) is 0 Å². The molecule has 0 spiro atoms. The zero-order chi connectivity index (χ0) is 81.9. The second-order valence-electron chi connectivity index (χ2n) is 45.5. The van der Waals surface area contributed by atoms with Crippen molar-refractivity contribution in [3.8, 4) is 0 Å². The van der Waals surface area contributed by atoms with Gasteiger partial charge < -0.3 is 34.4 Å². The summed E-state index contributed by atoms with van der Waals surface area (Å²) in [6.07, 6.45) is 45.4. The third-order valence-corrected chi connectivity index (χ3v) is 53.0. The van der Waals surface area contributed by atoms with E-state index in [4.69, 9.17) is 22.0 Å². The second-order valence-corrected chi connectivity index (χ2v) is 66.4. The van der Waals surface area contributed by atoms with Crippen LogP contribution in [0, 0.1) is 69.5 Å². The highest BCUT2D eigenvalue weighted by Crippen LogP contribution is 2.60. The SMILES string of the molecule is C=C1/C(=C\C=C/[C@@H]2CC[C@H]([C@H](C)CCCC(C)(C)O)[C@@]2(C)CCC)C[C@@H](O[Si](C)(C)C(C)(C)C)C[C@@H]1[Si](C)(C)C(C)(C)C.C=C1/C(=C\C=C\[C@@H]2CC[C@H]([C@H](C)CCCC(C)(C)O)[C@@]2(C)CCC)C[C@@H]([Si](C)(C)C(C)(C)C)C[C@@H]1O[Si](C)(C)C(C)(C)C.CCC[C@@]1(C)[C@H](C=O)CC[C@@H]1[C@H](C)CCCC(C)(C)O.O. The van der Waals surface area contributed by atoms with Gasteiger partial charge in [0.1, 0.15) is 6.29 Å². The van der Waals surface area contributed by atoms with Crippen molar-refractivity contribution in [1.29, 1.82) is 0 Å². The molecule has 0 saturated heterocycles. The summed E-state index contributed by atoms with van der Waals surface area (Å²) in [6, 6.07) is 0. The molecule has 5 fully saturated rings. The Bertz CT molecular complexity index is 2770. The molecule has 11 heteroatoms. The number of carbonyl (C=O) groups is 1. The fourth-order valence-electron chi connectivity index (χ4n) is 20.3. The zero-order valence-corrected chi connectivity index (χ0v) is 81.7. The Balaban J connectivity index is 0.000000578. The fourth-order valence-corrected chi connectivity index (χ4v) is 28.7. The van der Waals surface area contributed by atoms with E-state index in [1.54, 1.807) is 0 Å². The van der Waals surface area contributed by atoms with Gasteiger partial charge in [0.2, 0.25) is 0 Å². The van der Waals surface area contributed by atoms with Crippen molar-refractivity contribution in [1.82, 2.24) is 0 Å². The van der Waals surface area contributed by atoms with Crippen LogP contribution in [0.3, 0.4) is 0 Å². The van der Waals surface area contributed by atoms with Gasteiger partial charge in [-0.15, -0.1) is 0 Å². The van der Waals surface area contributed by atoms with Crippen LogP contribution >= 0.6 is 0 Å². The minimum atomic E-state index is -1.92. The highest BCUT2D eigenvalue weighted by molar-refractivity contribution is 6.82. The van der Waals surface area contributed by atoms with Gasteiger partial charge in [-0.2, -0.15) is 0 Å². The van der Waals surface area contributed by atoms with E-state index < -0.39 is 49.6 Å². The van der Waals surface area contributed by atoms with Gasteiger partial charge in [-0.3, -0.25) is 0 Å². The maximum absolute atomic E-state index is 11.4. The molecule has 5 N–H and O–H groups in total. The van der Waals surface area contributed by atoms with Crippen molar-refractivity contribution in [2.24, 2.45) is 69.5 Å². The lowest BCUT2D eigenvalue weighted by molar-refractivity contribution is -0.114. The molecule has 5 aliphatic rings. The number of hydrogen-bond acceptors (Lipinski definition) is 6. The lowest BCUT2D eigenvalue weighted by Crippen LogP contribution is -2.49. The number of rotatable bonds is 32.